The van der Waals surface area contributed by atoms with E-state index in [-0.39, 0.29) is 23.4 Å². The van der Waals surface area contributed by atoms with Gasteiger partial charge in [-0.25, -0.2) is 4.98 Å². The zero-order chi connectivity index (χ0) is 21.3. The molecule has 8 heteroatoms. The molecule has 0 saturated carbocycles. The van der Waals surface area contributed by atoms with E-state index in [0.717, 1.165) is 30.8 Å². The molecule has 2 aromatic heterocycles. The fourth-order valence-corrected chi connectivity index (χ4v) is 5.01. The first-order valence-corrected chi connectivity index (χ1v) is 11.5. The van der Waals surface area contributed by atoms with Gasteiger partial charge in [0, 0.05) is 32.4 Å². The normalized spacial score (nSPS) is 18.1. The molecule has 1 N–H and O–H groups in total. The smallest absolute Gasteiger partial charge is 0.264 e. The van der Waals surface area contributed by atoms with Crippen LogP contribution in [0.4, 0.5) is 0 Å². The molecule has 0 radical (unpaired) electrons. The standard InChI is InChI=1S/C22H28N4O3S/c1-14(2)11-20(27)23-12-15-5-3-7-19-24-17-8-9-25(13-16(17)21(28)26(15)19)22(29)18-6-4-10-30-18/h4,6,10,14-15H,3,5,7-9,11-13H2,1-2H3,(H,23,27)/t15-/m0/s1. The molecule has 0 aliphatic carbocycles. The largest absolute Gasteiger partial charge is 0.354 e. The van der Waals surface area contributed by atoms with Gasteiger partial charge in [-0.3, -0.25) is 19.0 Å². The quantitative estimate of drug-likeness (QED) is 0.793. The summed E-state index contributed by atoms with van der Waals surface area (Å²) in [5, 5.41) is 4.87. The molecule has 30 heavy (non-hydrogen) atoms. The van der Waals surface area contributed by atoms with E-state index in [1.54, 1.807) is 9.47 Å². The van der Waals surface area contributed by atoms with Gasteiger partial charge in [-0.2, -0.15) is 0 Å². The van der Waals surface area contributed by atoms with Gasteiger partial charge >= 0.3 is 0 Å². The number of nitrogens with one attached hydrogen (secondary N) is 1. The van der Waals surface area contributed by atoms with Gasteiger partial charge in [0.05, 0.1) is 28.7 Å². The minimum Gasteiger partial charge on any atom is -0.354 e. The molecule has 0 unspecified atom stereocenters. The van der Waals surface area contributed by atoms with Crippen LogP contribution in [0.25, 0.3) is 0 Å². The molecule has 0 saturated heterocycles. The monoisotopic (exact) mass is 428 g/mol. The second-order valence-corrected chi connectivity index (χ2v) is 9.48. The van der Waals surface area contributed by atoms with Gasteiger partial charge in [0.1, 0.15) is 5.82 Å². The van der Waals surface area contributed by atoms with E-state index in [4.69, 9.17) is 4.98 Å². The zero-order valence-electron chi connectivity index (χ0n) is 17.5. The third-order valence-electron chi connectivity index (χ3n) is 5.79. The van der Waals surface area contributed by atoms with Crippen LogP contribution in [0.3, 0.4) is 0 Å². The van der Waals surface area contributed by atoms with Gasteiger partial charge in [-0.05, 0) is 30.2 Å². The van der Waals surface area contributed by atoms with Crippen LogP contribution < -0.4 is 10.9 Å². The Bertz CT molecular complexity index is 997. The maximum Gasteiger partial charge on any atom is 0.264 e. The minimum atomic E-state index is -0.0847. The minimum absolute atomic E-state index is 0.0174. The van der Waals surface area contributed by atoms with Gasteiger partial charge in [0.15, 0.2) is 0 Å². The van der Waals surface area contributed by atoms with Gasteiger partial charge in [-0.15, -0.1) is 11.3 Å². The molecule has 2 aliphatic rings. The Morgan fingerprint density at radius 2 is 2.17 bits per heavy atom. The van der Waals surface area contributed by atoms with Crippen LogP contribution in [0.5, 0.6) is 0 Å². The average Bonchev–Trinajstić information content (AvgIpc) is 3.26. The maximum absolute atomic E-state index is 13.4. The number of hydrogen-bond acceptors (Lipinski definition) is 5. The number of aryl methyl sites for hydroxylation is 1. The lowest BCUT2D eigenvalue weighted by Crippen LogP contribution is -2.45. The fourth-order valence-electron chi connectivity index (χ4n) is 4.31. The van der Waals surface area contributed by atoms with Crippen molar-refractivity contribution in [2.75, 3.05) is 13.1 Å². The van der Waals surface area contributed by atoms with Gasteiger partial charge in [-0.1, -0.05) is 19.9 Å². The topological polar surface area (TPSA) is 84.3 Å². The number of aromatic nitrogens is 2. The van der Waals surface area contributed by atoms with Crippen molar-refractivity contribution in [3.63, 3.8) is 0 Å². The SMILES string of the molecule is CC(C)CC(=O)NC[C@@H]1CCCc2nc3c(c(=O)n21)CN(C(=O)c1cccs1)CC3. The van der Waals surface area contributed by atoms with Crippen molar-refractivity contribution in [1.29, 1.82) is 0 Å². The number of nitrogens with zero attached hydrogens (tertiary/aromatic N) is 3. The highest BCUT2D eigenvalue weighted by atomic mass is 32.1. The summed E-state index contributed by atoms with van der Waals surface area (Å²) in [7, 11) is 0. The van der Waals surface area contributed by atoms with Crippen molar-refractivity contribution >= 4 is 23.2 Å². The average molecular weight is 429 g/mol. The fraction of sp³-hybridized carbons (Fsp3) is 0.545. The first-order chi connectivity index (χ1) is 14.4. The maximum atomic E-state index is 13.4. The second kappa shape index (κ2) is 8.71. The van der Waals surface area contributed by atoms with E-state index in [9.17, 15) is 14.4 Å². The highest BCUT2D eigenvalue weighted by Gasteiger charge is 2.30. The van der Waals surface area contributed by atoms with E-state index in [1.165, 1.54) is 11.3 Å². The third-order valence-corrected chi connectivity index (χ3v) is 6.64. The zero-order valence-corrected chi connectivity index (χ0v) is 18.3. The van der Waals surface area contributed by atoms with Crippen LogP contribution in [0.15, 0.2) is 22.3 Å². The van der Waals surface area contributed by atoms with Crippen molar-refractivity contribution < 1.29 is 9.59 Å². The van der Waals surface area contributed by atoms with Crippen molar-refractivity contribution in [3.8, 4) is 0 Å². The van der Waals surface area contributed by atoms with E-state index < -0.39 is 0 Å². The molecule has 4 rings (SSSR count). The first kappa shape index (κ1) is 20.8. The van der Waals surface area contributed by atoms with Crippen molar-refractivity contribution in [3.05, 3.63) is 49.8 Å². The summed E-state index contributed by atoms with van der Waals surface area (Å²) in [6.45, 7) is 5.34. The van der Waals surface area contributed by atoms with Crippen LogP contribution >= 0.6 is 11.3 Å². The molecule has 0 spiro atoms. The van der Waals surface area contributed by atoms with Crippen LogP contribution in [0.1, 0.15) is 65.9 Å². The highest BCUT2D eigenvalue weighted by molar-refractivity contribution is 7.12. The van der Waals surface area contributed by atoms with Crippen molar-refractivity contribution in [2.24, 2.45) is 5.92 Å². The van der Waals surface area contributed by atoms with Crippen LogP contribution in [0, 0.1) is 5.92 Å². The Balaban J connectivity index is 1.57. The van der Waals surface area contributed by atoms with E-state index in [2.05, 4.69) is 5.32 Å². The van der Waals surface area contributed by atoms with Gasteiger partial charge < -0.3 is 10.2 Å². The lowest BCUT2D eigenvalue weighted by atomic mass is 10.0. The molecule has 4 heterocycles. The van der Waals surface area contributed by atoms with Crippen LogP contribution in [-0.2, 0) is 24.2 Å². The molecule has 1 atom stereocenters. The van der Waals surface area contributed by atoms with Crippen molar-refractivity contribution in [1.82, 2.24) is 19.8 Å². The lowest BCUT2D eigenvalue weighted by molar-refractivity contribution is -0.121. The number of amides is 2. The molecule has 2 amide bonds. The summed E-state index contributed by atoms with van der Waals surface area (Å²) >= 11 is 1.42. The molecule has 0 aromatic carbocycles. The molecule has 2 aliphatic heterocycles. The Kier molecular flexibility index (Phi) is 6.04. The summed E-state index contributed by atoms with van der Waals surface area (Å²) in [5.41, 5.74) is 1.39. The molecule has 2 aromatic rings. The Morgan fingerprint density at radius 1 is 1.33 bits per heavy atom. The summed E-state index contributed by atoms with van der Waals surface area (Å²) in [6.07, 6.45) is 3.66. The Hall–Kier alpha value is -2.48. The molecule has 7 nitrogen and oxygen atoms in total. The summed E-state index contributed by atoms with van der Waals surface area (Å²) in [6, 6.07) is 3.59. The number of rotatable bonds is 5. The molecule has 0 fully saturated rings. The predicted octanol–water partition coefficient (Wildman–Crippen LogP) is 2.54. The summed E-state index contributed by atoms with van der Waals surface area (Å²) in [5.74, 6) is 1.09. The lowest BCUT2D eigenvalue weighted by Gasteiger charge is -2.32. The number of carbonyl (C=O) groups excluding carboxylic acids is 2. The molecular formula is C22H28N4O3S. The highest BCUT2D eigenvalue weighted by Crippen LogP contribution is 2.25. The van der Waals surface area contributed by atoms with E-state index in [0.29, 0.717) is 48.8 Å². The molecule has 0 bridgehead atoms. The summed E-state index contributed by atoms with van der Waals surface area (Å²) in [4.78, 5) is 45.5. The summed E-state index contributed by atoms with van der Waals surface area (Å²) < 4.78 is 1.77. The van der Waals surface area contributed by atoms with Gasteiger partial charge in [0.2, 0.25) is 5.91 Å². The van der Waals surface area contributed by atoms with Crippen LogP contribution in [-0.4, -0.2) is 39.4 Å². The third kappa shape index (κ3) is 4.19. The Morgan fingerprint density at radius 3 is 2.90 bits per heavy atom. The van der Waals surface area contributed by atoms with Crippen LogP contribution in [0.2, 0.25) is 0 Å². The van der Waals surface area contributed by atoms with E-state index >= 15 is 0 Å². The number of thiophene rings is 1. The molecule has 160 valence electrons. The number of fused-ring (bicyclic) bond motifs is 2. The first-order valence-electron chi connectivity index (χ1n) is 10.7. The van der Waals surface area contributed by atoms with Crippen molar-refractivity contribution in [2.45, 2.75) is 58.5 Å². The second-order valence-electron chi connectivity index (χ2n) is 8.53. The molecular weight excluding hydrogens is 400 g/mol. The predicted molar refractivity (Wildman–Crippen MR) is 116 cm³/mol. The van der Waals surface area contributed by atoms with E-state index in [1.807, 2.05) is 31.4 Å². The van der Waals surface area contributed by atoms with Gasteiger partial charge in [0.25, 0.3) is 11.5 Å². The number of carbonyl (C=O) groups is 2. The number of hydrogen-bond donors (Lipinski definition) is 1. The Labute approximate surface area is 180 Å².